The third-order valence-electron chi connectivity index (χ3n) is 4.46. The van der Waals surface area contributed by atoms with Gasteiger partial charge in [-0.15, -0.1) is 0 Å². The molecule has 6 heteroatoms. The Kier molecular flexibility index (Phi) is 6.00. The standard InChI is InChI=1S/C17H24ClFN2O2/c1-11(2)15(10-21-8-7-12(22)9-21)20(3)17(23)13-5-4-6-14(18)16(13)19/h4-6,11-12,15,22H,7-10H2,1-3H3/t12-,15+/m0/s1. The van der Waals surface area contributed by atoms with E-state index in [9.17, 15) is 14.3 Å². The van der Waals surface area contributed by atoms with E-state index in [0.29, 0.717) is 13.1 Å². The summed E-state index contributed by atoms with van der Waals surface area (Å²) in [6.07, 6.45) is 0.458. The number of aliphatic hydroxyl groups excluding tert-OH is 1. The van der Waals surface area contributed by atoms with Gasteiger partial charge in [0.25, 0.3) is 5.91 Å². The van der Waals surface area contributed by atoms with Crippen molar-refractivity contribution in [2.45, 2.75) is 32.4 Å². The number of nitrogens with zero attached hydrogens (tertiary/aromatic N) is 2. The first-order valence-corrected chi connectivity index (χ1v) is 8.30. The predicted octanol–water partition coefficient (Wildman–Crippen LogP) is 2.64. The topological polar surface area (TPSA) is 43.8 Å². The van der Waals surface area contributed by atoms with Crippen molar-refractivity contribution in [1.82, 2.24) is 9.80 Å². The number of carbonyl (C=O) groups excluding carboxylic acids is 1. The fourth-order valence-corrected chi connectivity index (χ4v) is 3.21. The summed E-state index contributed by atoms with van der Waals surface area (Å²) in [4.78, 5) is 16.4. The predicted molar refractivity (Wildman–Crippen MR) is 89.2 cm³/mol. The second-order valence-electron chi connectivity index (χ2n) is 6.53. The molecule has 1 aliphatic rings. The number of carbonyl (C=O) groups is 1. The van der Waals surface area contributed by atoms with E-state index in [4.69, 9.17) is 11.6 Å². The quantitative estimate of drug-likeness (QED) is 0.894. The molecule has 1 amide bonds. The van der Waals surface area contributed by atoms with Gasteiger partial charge in [0.2, 0.25) is 0 Å². The van der Waals surface area contributed by atoms with Gasteiger partial charge in [-0.05, 0) is 24.5 Å². The molecule has 0 aliphatic carbocycles. The Labute approximate surface area is 141 Å². The van der Waals surface area contributed by atoms with E-state index in [1.54, 1.807) is 18.0 Å². The van der Waals surface area contributed by atoms with Crippen LogP contribution in [0.2, 0.25) is 5.02 Å². The molecule has 0 radical (unpaired) electrons. The van der Waals surface area contributed by atoms with Gasteiger partial charge < -0.3 is 10.0 Å². The summed E-state index contributed by atoms with van der Waals surface area (Å²) in [5.74, 6) is -0.836. The van der Waals surface area contributed by atoms with Gasteiger partial charge >= 0.3 is 0 Å². The van der Waals surface area contributed by atoms with Crippen molar-refractivity contribution >= 4 is 17.5 Å². The molecule has 0 bridgehead atoms. The summed E-state index contributed by atoms with van der Waals surface area (Å²) in [7, 11) is 1.69. The number of aliphatic hydroxyl groups is 1. The van der Waals surface area contributed by atoms with E-state index in [2.05, 4.69) is 4.90 Å². The van der Waals surface area contributed by atoms with Crippen molar-refractivity contribution in [3.63, 3.8) is 0 Å². The number of hydrogen-bond acceptors (Lipinski definition) is 3. The minimum atomic E-state index is -0.676. The number of rotatable bonds is 5. The Hall–Kier alpha value is -1.17. The van der Waals surface area contributed by atoms with Crippen LogP contribution in [0.3, 0.4) is 0 Å². The second-order valence-corrected chi connectivity index (χ2v) is 6.94. The third-order valence-corrected chi connectivity index (χ3v) is 4.75. The lowest BCUT2D eigenvalue weighted by molar-refractivity contribution is 0.0628. The molecule has 23 heavy (non-hydrogen) atoms. The Morgan fingerprint density at radius 3 is 2.78 bits per heavy atom. The molecule has 1 aromatic carbocycles. The highest BCUT2D eigenvalue weighted by atomic mass is 35.5. The SMILES string of the molecule is CC(C)[C@@H](CN1CC[C@H](O)C1)N(C)C(=O)c1cccc(Cl)c1F. The van der Waals surface area contributed by atoms with Gasteiger partial charge in [0.05, 0.1) is 16.7 Å². The summed E-state index contributed by atoms with van der Waals surface area (Å²) < 4.78 is 14.1. The van der Waals surface area contributed by atoms with Crippen LogP contribution < -0.4 is 0 Å². The largest absolute Gasteiger partial charge is 0.392 e. The van der Waals surface area contributed by atoms with Crippen LogP contribution in [-0.2, 0) is 0 Å². The number of β-amino-alcohol motifs (C(OH)–C–C–N with tert-alkyl or cyclic N) is 1. The summed E-state index contributed by atoms with van der Waals surface area (Å²) in [6, 6.07) is 4.40. The Morgan fingerprint density at radius 1 is 1.52 bits per heavy atom. The molecule has 0 aromatic heterocycles. The molecule has 1 fully saturated rings. The molecule has 0 spiro atoms. The van der Waals surface area contributed by atoms with Crippen LogP contribution >= 0.6 is 11.6 Å². The Bertz CT molecular complexity index is 568. The zero-order valence-electron chi connectivity index (χ0n) is 13.8. The van der Waals surface area contributed by atoms with Crippen molar-refractivity contribution in [2.75, 3.05) is 26.7 Å². The first kappa shape index (κ1) is 18.2. The molecule has 0 saturated carbocycles. The molecule has 2 atom stereocenters. The van der Waals surface area contributed by atoms with Gasteiger partial charge in [-0.1, -0.05) is 31.5 Å². The maximum atomic E-state index is 14.1. The molecular weight excluding hydrogens is 319 g/mol. The summed E-state index contributed by atoms with van der Waals surface area (Å²) >= 11 is 5.78. The highest BCUT2D eigenvalue weighted by Crippen LogP contribution is 2.22. The number of halogens is 2. The lowest BCUT2D eigenvalue weighted by Crippen LogP contribution is -2.47. The van der Waals surface area contributed by atoms with Crippen molar-refractivity contribution in [3.05, 3.63) is 34.6 Å². The van der Waals surface area contributed by atoms with Crippen LogP contribution in [-0.4, -0.2) is 59.6 Å². The average Bonchev–Trinajstić information content (AvgIpc) is 2.91. The normalized spacial score (nSPS) is 20.0. The highest BCUT2D eigenvalue weighted by molar-refractivity contribution is 6.31. The van der Waals surface area contributed by atoms with Crippen LogP contribution in [0.15, 0.2) is 18.2 Å². The van der Waals surface area contributed by atoms with E-state index in [1.807, 2.05) is 13.8 Å². The number of likely N-dealkylation sites (N-methyl/N-ethyl adjacent to an activating group) is 1. The molecule has 0 unspecified atom stereocenters. The van der Waals surface area contributed by atoms with Crippen molar-refractivity contribution in [2.24, 2.45) is 5.92 Å². The molecule has 4 nitrogen and oxygen atoms in total. The minimum absolute atomic E-state index is 0.00731. The molecule has 1 aromatic rings. The fourth-order valence-electron chi connectivity index (χ4n) is 3.03. The zero-order chi connectivity index (χ0) is 17.1. The van der Waals surface area contributed by atoms with Gasteiger partial charge in [0.1, 0.15) is 0 Å². The smallest absolute Gasteiger partial charge is 0.256 e. The Morgan fingerprint density at radius 2 is 2.22 bits per heavy atom. The van der Waals surface area contributed by atoms with Gasteiger partial charge in [0.15, 0.2) is 5.82 Å². The summed E-state index contributed by atoms with van der Waals surface area (Å²) in [5, 5.41) is 9.61. The number of likely N-dealkylation sites (tertiary alicyclic amines) is 1. The minimum Gasteiger partial charge on any atom is -0.392 e. The number of hydrogen-bond donors (Lipinski definition) is 1. The number of amides is 1. The molecule has 2 rings (SSSR count). The first-order valence-electron chi connectivity index (χ1n) is 7.92. The summed E-state index contributed by atoms with van der Waals surface area (Å²) in [6.45, 7) is 6.18. The number of benzene rings is 1. The van der Waals surface area contributed by atoms with E-state index in [0.717, 1.165) is 13.0 Å². The van der Waals surface area contributed by atoms with E-state index < -0.39 is 5.82 Å². The molecule has 1 saturated heterocycles. The fraction of sp³-hybridized carbons (Fsp3) is 0.588. The van der Waals surface area contributed by atoms with Gasteiger partial charge in [0, 0.05) is 32.7 Å². The van der Waals surface area contributed by atoms with E-state index >= 15 is 0 Å². The van der Waals surface area contributed by atoms with Crippen LogP contribution in [0.25, 0.3) is 0 Å². The van der Waals surface area contributed by atoms with Crippen molar-refractivity contribution in [3.8, 4) is 0 Å². The van der Waals surface area contributed by atoms with Gasteiger partial charge in [-0.2, -0.15) is 0 Å². The molecule has 1 N–H and O–H groups in total. The van der Waals surface area contributed by atoms with Crippen LogP contribution in [0.5, 0.6) is 0 Å². The van der Waals surface area contributed by atoms with Gasteiger partial charge in [-0.3, -0.25) is 9.69 Å². The molecule has 1 heterocycles. The first-order chi connectivity index (χ1) is 10.8. The van der Waals surface area contributed by atoms with Gasteiger partial charge in [-0.25, -0.2) is 4.39 Å². The van der Waals surface area contributed by atoms with Crippen LogP contribution in [0.1, 0.15) is 30.6 Å². The summed E-state index contributed by atoms with van der Waals surface area (Å²) in [5.41, 5.74) is -0.00731. The molecule has 1 aliphatic heterocycles. The zero-order valence-corrected chi connectivity index (χ0v) is 14.6. The van der Waals surface area contributed by atoms with Crippen molar-refractivity contribution < 1.29 is 14.3 Å². The average molecular weight is 343 g/mol. The highest BCUT2D eigenvalue weighted by Gasteiger charge is 2.30. The van der Waals surface area contributed by atoms with E-state index in [1.165, 1.54) is 12.1 Å². The molecular formula is C17H24ClFN2O2. The Balaban J connectivity index is 2.15. The molecule has 128 valence electrons. The van der Waals surface area contributed by atoms with E-state index in [-0.39, 0.29) is 34.6 Å². The van der Waals surface area contributed by atoms with Crippen LogP contribution in [0, 0.1) is 11.7 Å². The maximum Gasteiger partial charge on any atom is 0.256 e. The van der Waals surface area contributed by atoms with Crippen molar-refractivity contribution in [1.29, 1.82) is 0 Å². The lowest BCUT2D eigenvalue weighted by atomic mass is 10.0. The maximum absolute atomic E-state index is 14.1. The monoisotopic (exact) mass is 342 g/mol. The van der Waals surface area contributed by atoms with Crippen LogP contribution in [0.4, 0.5) is 4.39 Å². The second kappa shape index (κ2) is 7.60. The third kappa shape index (κ3) is 4.22. The lowest BCUT2D eigenvalue weighted by Gasteiger charge is -2.34.